The average Bonchev–Trinajstić information content (AvgIpc) is 3.19. The van der Waals surface area contributed by atoms with Gasteiger partial charge in [0.25, 0.3) is 0 Å². The summed E-state index contributed by atoms with van der Waals surface area (Å²) in [5.41, 5.74) is 0.369. The maximum atomic E-state index is 13.2. The Morgan fingerprint density at radius 1 is 1.10 bits per heavy atom. The van der Waals surface area contributed by atoms with Gasteiger partial charge in [-0.2, -0.15) is 13.2 Å². The van der Waals surface area contributed by atoms with E-state index in [1.807, 2.05) is 0 Å². The Balaban J connectivity index is 1.75. The van der Waals surface area contributed by atoms with Crippen LogP contribution in [0.2, 0.25) is 0 Å². The van der Waals surface area contributed by atoms with Crippen LogP contribution in [0.5, 0.6) is 0 Å². The molecule has 0 amide bonds. The van der Waals surface area contributed by atoms with Gasteiger partial charge in [-0.3, -0.25) is 4.98 Å². The average molecular weight is 478 g/mol. The molecule has 0 unspecified atom stereocenters. The van der Waals surface area contributed by atoms with Crippen LogP contribution in [0, 0.1) is 0 Å². The van der Waals surface area contributed by atoms with Gasteiger partial charge in [-0.05, 0) is 28.1 Å². The molecule has 0 aliphatic carbocycles. The monoisotopic (exact) mass is 477 g/mol. The van der Waals surface area contributed by atoms with E-state index in [4.69, 9.17) is 4.98 Å². The maximum Gasteiger partial charge on any atom is 0.431 e. The second-order valence-electron chi connectivity index (χ2n) is 6.92. The molecule has 7 nitrogen and oxygen atoms in total. The van der Waals surface area contributed by atoms with Gasteiger partial charge < -0.3 is 15.2 Å². The van der Waals surface area contributed by atoms with Gasteiger partial charge >= 0.3 is 6.18 Å². The van der Waals surface area contributed by atoms with E-state index in [2.05, 4.69) is 46.1 Å². The predicted octanol–water partition coefficient (Wildman–Crippen LogP) is 3.76. The van der Waals surface area contributed by atoms with Gasteiger partial charge in [0.05, 0.1) is 17.1 Å². The molecule has 1 fully saturated rings. The molecule has 11 heteroatoms. The zero-order valence-electron chi connectivity index (χ0n) is 15.5. The summed E-state index contributed by atoms with van der Waals surface area (Å²) < 4.78 is 40.4. The number of nitrogens with zero attached hydrogens (tertiary/aromatic N) is 5. The standard InChI is InChI=1S/C19H15BrF3N7/c20-12-8-25-9-13-15(12)18(30-5-3-24-4-6-30)29-17(27-13)10-1-2-26-16-11(10)7-14(28-16)19(21,22)23/h1-2,7-9,24H,3-6H2,(H,26,28). The molecule has 154 valence electrons. The SMILES string of the molecule is FC(F)(F)c1cc2c(-c3nc(N4CCNCC4)c4c(Br)cncc4n3)ccnc2[nH]1. The fourth-order valence-corrected chi connectivity index (χ4v) is 4.13. The molecule has 1 aliphatic heterocycles. The van der Waals surface area contributed by atoms with E-state index >= 15 is 0 Å². The molecule has 0 aromatic carbocycles. The summed E-state index contributed by atoms with van der Waals surface area (Å²) in [5, 5.41) is 4.45. The number of fused-ring (bicyclic) bond motifs is 2. The van der Waals surface area contributed by atoms with E-state index in [-0.39, 0.29) is 5.65 Å². The minimum absolute atomic E-state index is 0.139. The lowest BCUT2D eigenvalue weighted by molar-refractivity contribution is -0.140. The van der Waals surface area contributed by atoms with Crippen molar-refractivity contribution in [2.75, 3.05) is 31.1 Å². The molecule has 0 spiro atoms. The molecule has 4 aromatic heterocycles. The first-order chi connectivity index (χ1) is 14.4. The number of H-pyrrole nitrogens is 1. The topological polar surface area (TPSA) is 82.6 Å². The Morgan fingerprint density at radius 2 is 1.90 bits per heavy atom. The van der Waals surface area contributed by atoms with Crippen LogP contribution in [0.4, 0.5) is 19.0 Å². The number of pyridine rings is 2. The number of hydrogen-bond donors (Lipinski definition) is 2. The minimum atomic E-state index is -4.50. The number of halogens is 4. The number of hydrogen-bond acceptors (Lipinski definition) is 6. The third-order valence-electron chi connectivity index (χ3n) is 5.04. The van der Waals surface area contributed by atoms with Crippen molar-refractivity contribution in [1.82, 2.24) is 30.2 Å². The number of aromatic amines is 1. The highest BCUT2D eigenvalue weighted by Crippen LogP contribution is 2.36. The van der Waals surface area contributed by atoms with Crippen LogP contribution in [0.25, 0.3) is 33.3 Å². The second kappa shape index (κ2) is 7.17. The molecule has 30 heavy (non-hydrogen) atoms. The molecule has 4 aromatic rings. The molecule has 5 heterocycles. The number of alkyl halides is 3. The number of rotatable bonds is 2. The molecule has 0 bridgehead atoms. The Hall–Kier alpha value is -2.79. The highest BCUT2D eigenvalue weighted by molar-refractivity contribution is 9.10. The first kappa shape index (κ1) is 19.2. The van der Waals surface area contributed by atoms with E-state index < -0.39 is 11.9 Å². The summed E-state index contributed by atoms with van der Waals surface area (Å²) in [6.45, 7) is 3.15. The van der Waals surface area contributed by atoms with Crippen molar-refractivity contribution >= 4 is 43.7 Å². The molecule has 2 N–H and O–H groups in total. The van der Waals surface area contributed by atoms with Gasteiger partial charge in [-0.25, -0.2) is 15.0 Å². The lowest BCUT2D eigenvalue weighted by atomic mass is 10.1. The second-order valence-corrected chi connectivity index (χ2v) is 7.78. The third kappa shape index (κ3) is 3.27. The van der Waals surface area contributed by atoms with Crippen molar-refractivity contribution in [2.24, 2.45) is 0 Å². The Labute approximate surface area is 176 Å². The van der Waals surface area contributed by atoms with Crippen molar-refractivity contribution in [1.29, 1.82) is 0 Å². The highest BCUT2D eigenvalue weighted by atomic mass is 79.9. The normalized spacial score (nSPS) is 15.3. The van der Waals surface area contributed by atoms with Crippen LogP contribution < -0.4 is 10.2 Å². The summed E-state index contributed by atoms with van der Waals surface area (Å²) in [4.78, 5) is 22.1. The van der Waals surface area contributed by atoms with Gasteiger partial charge in [0, 0.05) is 54.0 Å². The predicted molar refractivity (Wildman–Crippen MR) is 110 cm³/mol. The number of anilines is 1. The third-order valence-corrected chi connectivity index (χ3v) is 5.64. The fraction of sp³-hybridized carbons (Fsp3) is 0.263. The molecule has 0 radical (unpaired) electrons. The van der Waals surface area contributed by atoms with Crippen molar-refractivity contribution in [3.63, 3.8) is 0 Å². The van der Waals surface area contributed by atoms with Gasteiger partial charge in [0.1, 0.15) is 17.2 Å². The van der Waals surface area contributed by atoms with E-state index in [0.29, 0.717) is 22.3 Å². The van der Waals surface area contributed by atoms with E-state index in [1.54, 1.807) is 18.5 Å². The quantitative estimate of drug-likeness (QED) is 0.457. The zero-order chi connectivity index (χ0) is 20.9. The maximum absolute atomic E-state index is 13.2. The first-order valence-electron chi connectivity index (χ1n) is 9.24. The fourth-order valence-electron chi connectivity index (χ4n) is 3.63. The number of piperazine rings is 1. The van der Waals surface area contributed by atoms with E-state index in [0.717, 1.165) is 47.9 Å². The summed E-state index contributed by atoms with van der Waals surface area (Å²) in [7, 11) is 0. The molecule has 0 saturated carbocycles. The van der Waals surface area contributed by atoms with Crippen LogP contribution in [0.1, 0.15) is 5.69 Å². The van der Waals surface area contributed by atoms with Crippen molar-refractivity contribution < 1.29 is 13.2 Å². The smallest absolute Gasteiger partial charge is 0.353 e. The van der Waals surface area contributed by atoms with E-state index in [1.165, 1.54) is 6.20 Å². The summed E-state index contributed by atoms with van der Waals surface area (Å²) in [6, 6.07) is 2.68. The molecular weight excluding hydrogens is 463 g/mol. The Kier molecular flexibility index (Phi) is 4.58. The minimum Gasteiger partial charge on any atom is -0.353 e. The molecular formula is C19H15BrF3N7. The molecule has 1 aliphatic rings. The largest absolute Gasteiger partial charge is 0.431 e. The lowest BCUT2D eigenvalue weighted by Gasteiger charge is -2.29. The van der Waals surface area contributed by atoms with Crippen LogP contribution in [0.15, 0.2) is 35.2 Å². The zero-order valence-corrected chi connectivity index (χ0v) is 17.0. The number of nitrogens with one attached hydrogen (secondary N) is 2. The molecule has 5 rings (SSSR count). The lowest BCUT2D eigenvalue weighted by Crippen LogP contribution is -2.44. The van der Waals surface area contributed by atoms with Crippen LogP contribution in [-0.2, 0) is 6.18 Å². The molecule has 1 saturated heterocycles. The van der Waals surface area contributed by atoms with Gasteiger partial charge in [0.15, 0.2) is 5.82 Å². The Morgan fingerprint density at radius 3 is 2.67 bits per heavy atom. The van der Waals surface area contributed by atoms with Gasteiger partial charge in [0.2, 0.25) is 0 Å². The highest BCUT2D eigenvalue weighted by Gasteiger charge is 2.33. The van der Waals surface area contributed by atoms with E-state index in [9.17, 15) is 13.2 Å². The van der Waals surface area contributed by atoms with Crippen molar-refractivity contribution in [3.05, 3.63) is 40.9 Å². The van der Waals surface area contributed by atoms with Crippen molar-refractivity contribution in [2.45, 2.75) is 6.18 Å². The molecule has 0 atom stereocenters. The van der Waals surface area contributed by atoms with Gasteiger partial charge in [-0.1, -0.05) is 0 Å². The first-order valence-corrected chi connectivity index (χ1v) is 10.0. The number of aromatic nitrogens is 5. The summed E-state index contributed by atoms with van der Waals surface area (Å²) >= 11 is 3.54. The Bertz CT molecular complexity index is 1250. The van der Waals surface area contributed by atoms with Crippen LogP contribution in [-0.4, -0.2) is 51.1 Å². The van der Waals surface area contributed by atoms with Crippen LogP contribution in [0.3, 0.4) is 0 Å². The summed E-state index contributed by atoms with van der Waals surface area (Å²) in [5.74, 6) is 1.05. The summed E-state index contributed by atoms with van der Waals surface area (Å²) in [6.07, 6.45) is 0.269. The van der Waals surface area contributed by atoms with Gasteiger partial charge in [-0.15, -0.1) is 0 Å². The van der Waals surface area contributed by atoms with Crippen LogP contribution >= 0.6 is 15.9 Å². The van der Waals surface area contributed by atoms with Crippen molar-refractivity contribution in [3.8, 4) is 11.4 Å².